The fourth-order valence-electron chi connectivity index (χ4n) is 3.16. The van der Waals surface area contributed by atoms with E-state index in [0.29, 0.717) is 22.7 Å². The Morgan fingerprint density at radius 1 is 0.971 bits per heavy atom. The molecule has 3 aromatic rings. The number of methoxy groups -OCH3 is 1. The van der Waals surface area contributed by atoms with Crippen LogP contribution in [0.1, 0.15) is 34.0 Å². The number of anilines is 2. The van der Waals surface area contributed by atoms with Crippen molar-refractivity contribution in [2.75, 3.05) is 17.7 Å². The van der Waals surface area contributed by atoms with Crippen molar-refractivity contribution in [3.05, 3.63) is 89.5 Å². The van der Waals surface area contributed by atoms with Gasteiger partial charge in [-0.3, -0.25) is 9.59 Å². The molecule has 0 radical (unpaired) electrons. The van der Waals surface area contributed by atoms with Crippen LogP contribution in [0.2, 0.25) is 0 Å². The Labute approximate surface area is 197 Å². The number of carbonyl (C=O) groups excluding carboxylic acids is 3. The predicted molar refractivity (Wildman–Crippen MR) is 126 cm³/mol. The molecule has 0 bridgehead atoms. The van der Waals surface area contributed by atoms with E-state index in [1.54, 1.807) is 48.5 Å². The number of ether oxygens (including phenoxy) is 2. The van der Waals surface area contributed by atoms with E-state index in [-0.39, 0.29) is 12.0 Å². The summed E-state index contributed by atoms with van der Waals surface area (Å²) in [6.45, 7) is 1.89. The van der Waals surface area contributed by atoms with E-state index < -0.39 is 23.9 Å². The zero-order valence-electron chi connectivity index (χ0n) is 18.7. The van der Waals surface area contributed by atoms with Crippen LogP contribution in [-0.4, -0.2) is 24.9 Å². The zero-order chi connectivity index (χ0) is 24.5. The van der Waals surface area contributed by atoms with Crippen molar-refractivity contribution in [2.45, 2.75) is 19.4 Å². The van der Waals surface area contributed by atoms with Crippen molar-refractivity contribution in [2.24, 2.45) is 0 Å². The van der Waals surface area contributed by atoms with Gasteiger partial charge in [0.15, 0.2) is 0 Å². The molecule has 0 saturated heterocycles. The van der Waals surface area contributed by atoms with Crippen LogP contribution in [0.25, 0.3) is 0 Å². The second-order valence-corrected chi connectivity index (χ2v) is 7.35. The number of carbonyl (C=O) groups is 3. The maximum atomic E-state index is 13.2. The van der Waals surface area contributed by atoms with Crippen LogP contribution in [0, 0.1) is 18.3 Å². The number of esters is 1. The largest absolute Gasteiger partial charge is 0.495 e. The Bertz CT molecular complexity index is 1220. The Morgan fingerprint density at radius 3 is 2.32 bits per heavy atom. The van der Waals surface area contributed by atoms with Crippen LogP contribution >= 0.6 is 0 Å². The van der Waals surface area contributed by atoms with E-state index in [9.17, 15) is 14.4 Å². The lowest BCUT2D eigenvalue weighted by Gasteiger charge is -2.19. The minimum Gasteiger partial charge on any atom is -0.495 e. The summed E-state index contributed by atoms with van der Waals surface area (Å²) in [5.74, 6) is -1.23. The molecule has 2 N–H and O–H groups in total. The third-order valence-electron chi connectivity index (χ3n) is 4.82. The quantitative estimate of drug-likeness (QED) is 0.485. The number of hydrogen-bond donors (Lipinski definition) is 2. The first-order valence-corrected chi connectivity index (χ1v) is 10.4. The van der Waals surface area contributed by atoms with Gasteiger partial charge in [-0.2, -0.15) is 5.26 Å². The van der Waals surface area contributed by atoms with Gasteiger partial charge in [0, 0.05) is 11.3 Å². The van der Waals surface area contributed by atoms with Gasteiger partial charge in [-0.15, -0.1) is 0 Å². The highest BCUT2D eigenvalue weighted by atomic mass is 16.5. The Hall–Kier alpha value is -4.64. The molecule has 172 valence electrons. The van der Waals surface area contributed by atoms with Gasteiger partial charge < -0.3 is 20.1 Å². The number of nitrogens with zero attached hydrogens (tertiary/aromatic N) is 1. The number of benzene rings is 3. The van der Waals surface area contributed by atoms with E-state index >= 15 is 0 Å². The maximum Gasteiger partial charge on any atom is 0.339 e. The first-order valence-electron chi connectivity index (χ1n) is 10.4. The highest BCUT2D eigenvalue weighted by molar-refractivity contribution is 5.99. The molecular formula is C26H23N3O5. The van der Waals surface area contributed by atoms with E-state index in [1.165, 1.54) is 31.4 Å². The van der Waals surface area contributed by atoms with Crippen LogP contribution in [0.3, 0.4) is 0 Å². The standard InChI is InChI=1S/C26H23N3O5/c1-17-8-13-22(33-2)21(16-17)29-25(31)24(18-6-4-3-5-7-18)34-26(32)19-9-11-20(12-10-19)28-23(30)14-15-27/h3-13,16,24H,14H2,1-2H3,(H,28,30)(H,29,31)/t24-/m0/s1. The third-order valence-corrected chi connectivity index (χ3v) is 4.82. The molecule has 0 aliphatic heterocycles. The third kappa shape index (κ3) is 6.20. The monoisotopic (exact) mass is 457 g/mol. The maximum absolute atomic E-state index is 13.2. The molecule has 3 aromatic carbocycles. The lowest BCUT2D eigenvalue weighted by atomic mass is 10.1. The van der Waals surface area contributed by atoms with Gasteiger partial charge in [-0.25, -0.2) is 4.79 Å². The van der Waals surface area contributed by atoms with Crippen molar-refractivity contribution in [3.63, 3.8) is 0 Å². The van der Waals surface area contributed by atoms with Gasteiger partial charge in [0.2, 0.25) is 12.0 Å². The normalized spacial score (nSPS) is 11.0. The lowest BCUT2D eigenvalue weighted by molar-refractivity contribution is -0.125. The van der Waals surface area contributed by atoms with Crippen molar-refractivity contribution < 1.29 is 23.9 Å². The highest BCUT2D eigenvalue weighted by Crippen LogP contribution is 2.28. The molecule has 0 aromatic heterocycles. The molecule has 0 unspecified atom stereocenters. The molecule has 0 heterocycles. The van der Waals surface area contributed by atoms with Crippen LogP contribution in [0.15, 0.2) is 72.8 Å². The van der Waals surface area contributed by atoms with Crippen molar-refractivity contribution in [1.82, 2.24) is 0 Å². The van der Waals surface area contributed by atoms with Gasteiger partial charge in [-0.1, -0.05) is 36.4 Å². The molecule has 3 rings (SSSR count). The van der Waals surface area contributed by atoms with Gasteiger partial charge in [0.05, 0.1) is 24.4 Å². The lowest BCUT2D eigenvalue weighted by Crippen LogP contribution is -2.26. The van der Waals surface area contributed by atoms with Crippen molar-refractivity contribution in [3.8, 4) is 11.8 Å². The first-order chi connectivity index (χ1) is 16.4. The van der Waals surface area contributed by atoms with Crippen LogP contribution in [-0.2, 0) is 14.3 Å². The average molecular weight is 457 g/mol. The molecule has 0 fully saturated rings. The van der Waals surface area contributed by atoms with Crippen molar-refractivity contribution >= 4 is 29.2 Å². The molecule has 0 aliphatic rings. The van der Waals surface area contributed by atoms with Gasteiger partial charge in [-0.05, 0) is 48.9 Å². The SMILES string of the molecule is COc1ccc(C)cc1NC(=O)[C@@H](OC(=O)c1ccc(NC(=O)CC#N)cc1)c1ccccc1. The number of aryl methyl sites for hydroxylation is 1. The van der Waals surface area contributed by atoms with Gasteiger partial charge in [0.25, 0.3) is 5.91 Å². The molecule has 8 nitrogen and oxygen atoms in total. The van der Waals surface area contributed by atoms with E-state index in [4.69, 9.17) is 14.7 Å². The van der Waals surface area contributed by atoms with Crippen LogP contribution in [0.5, 0.6) is 5.75 Å². The Morgan fingerprint density at radius 2 is 1.68 bits per heavy atom. The summed E-state index contributed by atoms with van der Waals surface area (Å²) in [6, 6.07) is 21.8. The molecule has 0 saturated carbocycles. The number of nitriles is 1. The molecular weight excluding hydrogens is 434 g/mol. The molecule has 34 heavy (non-hydrogen) atoms. The molecule has 0 aliphatic carbocycles. The van der Waals surface area contributed by atoms with E-state index in [2.05, 4.69) is 10.6 Å². The molecule has 2 amide bonds. The second-order valence-electron chi connectivity index (χ2n) is 7.35. The zero-order valence-corrected chi connectivity index (χ0v) is 18.7. The van der Waals surface area contributed by atoms with Crippen molar-refractivity contribution in [1.29, 1.82) is 5.26 Å². The van der Waals surface area contributed by atoms with E-state index in [0.717, 1.165) is 5.56 Å². The fourth-order valence-corrected chi connectivity index (χ4v) is 3.16. The second kappa shape index (κ2) is 11.3. The van der Waals surface area contributed by atoms with Gasteiger partial charge in [0.1, 0.15) is 12.2 Å². The summed E-state index contributed by atoms with van der Waals surface area (Å²) in [5.41, 5.74) is 2.51. The number of amides is 2. The summed E-state index contributed by atoms with van der Waals surface area (Å²) < 4.78 is 10.9. The first kappa shape index (κ1) is 24.0. The van der Waals surface area contributed by atoms with Crippen LogP contribution in [0.4, 0.5) is 11.4 Å². The minimum absolute atomic E-state index is 0.195. The average Bonchev–Trinajstić information content (AvgIpc) is 2.83. The smallest absolute Gasteiger partial charge is 0.339 e. The summed E-state index contributed by atoms with van der Waals surface area (Å²) in [4.78, 5) is 37.6. The topological polar surface area (TPSA) is 118 Å². The molecule has 1 atom stereocenters. The van der Waals surface area contributed by atoms with Crippen LogP contribution < -0.4 is 15.4 Å². The summed E-state index contributed by atoms with van der Waals surface area (Å²) in [7, 11) is 1.50. The Balaban J connectivity index is 1.80. The molecule has 0 spiro atoms. The molecule has 8 heteroatoms. The highest BCUT2D eigenvalue weighted by Gasteiger charge is 2.26. The number of nitrogens with one attached hydrogen (secondary N) is 2. The minimum atomic E-state index is -1.21. The Kier molecular flexibility index (Phi) is 7.97. The number of rotatable bonds is 8. The van der Waals surface area contributed by atoms with E-state index in [1.807, 2.05) is 13.0 Å². The van der Waals surface area contributed by atoms with Gasteiger partial charge >= 0.3 is 5.97 Å². The summed E-state index contributed by atoms with van der Waals surface area (Å²) >= 11 is 0. The fraction of sp³-hybridized carbons (Fsp3) is 0.154. The summed E-state index contributed by atoms with van der Waals surface area (Å²) in [5, 5.41) is 13.9. The predicted octanol–water partition coefficient (Wildman–Crippen LogP) is 4.39. The number of hydrogen-bond acceptors (Lipinski definition) is 6. The summed E-state index contributed by atoms with van der Waals surface area (Å²) in [6.07, 6.45) is -1.49.